The minimum absolute atomic E-state index is 0.111. The Labute approximate surface area is 133 Å². The van der Waals surface area contributed by atoms with Gasteiger partial charge in [-0.1, -0.05) is 26.5 Å². The molecule has 1 heterocycles. The van der Waals surface area contributed by atoms with Gasteiger partial charge in [-0.2, -0.15) is 0 Å². The SMILES string of the molecule is C=CCOc1ccc(C(=O)N2CCN(CC(C)C)CC2)cc1. The first-order chi connectivity index (χ1) is 10.6. The van der Waals surface area contributed by atoms with E-state index >= 15 is 0 Å². The van der Waals surface area contributed by atoms with Crippen LogP contribution < -0.4 is 4.74 Å². The van der Waals surface area contributed by atoms with Gasteiger partial charge in [-0.3, -0.25) is 9.69 Å². The molecule has 0 radical (unpaired) electrons. The second-order valence-corrected chi connectivity index (χ2v) is 6.11. The summed E-state index contributed by atoms with van der Waals surface area (Å²) in [6.07, 6.45) is 1.70. The normalized spacial score (nSPS) is 15.9. The molecule has 1 aliphatic rings. The molecule has 0 saturated carbocycles. The number of nitrogens with zero attached hydrogens (tertiary/aromatic N) is 2. The maximum atomic E-state index is 12.5. The summed E-state index contributed by atoms with van der Waals surface area (Å²) in [4.78, 5) is 16.9. The van der Waals surface area contributed by atoms with E-state index in [0.29, 0.717) is 12.5 Å². The third kappa shape index (κ3) is 4.60. The fourth-order valence-corrected chi connectivity index (χ4v) is 2.68. The van der Waals surface area contributed by atoms with Crippen LogP contribution in [0.3, 0.4) is 0 Å². The van der Waals surface area contributed by atoms with E-state index in [1.807, 2.05) is 29.2 Å². The Morgan fingerprint density at radius 1 is 1.23 bits per heavy atom. The van der Waals surface area contributed by atoms with E-state index in [1.165, 1.54) is 0 Å². The Hall–Kier alpha value is -1.81. The summed E-state index contributed by atoms with van der Waals surface area (Å²) in [7, 11) is 0. The molecule has 1 aliphatic heterocycles. The molecule has 0 atom stereocenters. The van der Waals surface area contributed by atoms with E-state index in [0.717, 1.165) is 44.0 Å². The van der Waals surface area contributed by atoms with Crippen LogP contribution in [0.1, 0.15) is 24.2 Å². The summed E-state index contributed by atoms with van der Waals surface area (Å²) in [5, 5.41) is 0. The summed E-state index contributed by atoms with van der Waals surface area (Å²) in [6.45, 7) is 13.2. The Bertz CT molecular complexity index is 488. The molecule has 0 bridgehead atoms. The lowest BCUT2D eigenvalue weighted by Crippen LogP contribution is -2.49. The number of amides is 1. The van der Waals surface area contributed by atoms with E-state index in [4.69, 9.17) is 4.74 Å². The molecular formula is C18H26N2O2. The molecule has 1 saturated heterocycles. The lowest BCUT2D eigenvalue weighted by atomic mass is 10.1. The number of carbonyl (C=O) groups is 1. The lowest BCUT2D eigenvalue weighted by molar-refractivity contribution is 0.0624. The number of hydrogen-bond donors (Lipinski definition) is 0. The molecule has 0 N–H and O–H groups in total. The summed E-state index contributed by atoms with van der Waals surface area (Å²) in [5.74, 6) is 1.54. The number of rotatable bonds is 6. The Morgan fingerprint density at radius 3 is 2.41 bits per heavy atom. The summed E-state index contributed by atoms with van der Waals surface area (Å²) >= 11 is 0. The predicted molar refractivity (Wildman–Crippen MR) is 89.3 cm³/mol. The Kier molecular flexibility index (Phi) is 6.01. The van der Waals surface area contributed by atoms with E-state index in [-0.39, 0.29) is 5.91 Å². The molecular weight excluding hydrogens is 276 g/mol. The molecule has 0 spiro atoms. The van der Waals surface area contributed by atoms with Crippen LogP contribution in [0, 0.1) is 5.92 Å². The lowest BCUT2D eigenvalue weighted by Gasteiger charge is -2.35. The van der Waals surface area contributed by atoms with Gasteiger partial charge in [0.15, 0.2) is 0 Å². The minimum Gasteiger partial charge on any atom is -0.490 e. The van der Waals surface area contributed by atoms with Crippen LogP contribution >= 0.6 is 0 Å². The van der Waals surface area contributed by atoms with Gasteiger partial charge in [0.1, 0.15) is 12.4 Å². The zero-order valence-corrected chi connectivity index (χ0v) is 13.6. The zero-order chi connectivity index (χ0) is 15.9. The Balaban J connectivity index is 1.88. The van der Waals surface area contributed by atoms with E-state index < -0.39 is 0 Å². The van der Waals surface area contributed by atoms with Crippen LogP contribution in [0.25, 0.3) is 0 Å². The largest absolute Gasteiger partial charge is 0.490 e. The van der Waals surface area contributed by atoms with Crippen molar-refractivity contribution in [1.82, 2.24) is 9.80 Å². The van der Waals surface area contributed by atoms with Gasteiger partial charge in [0.05, 0.1) is 0 Å². The van der Waals surface area contributed by atoms with Crippen molar-refractivity contribution in [2.24, 2.45) is 5.92 Å². The molecule has 22 heavy (non-hydrogen) atoms. The third-order valence-electron chi connectivity index (χ3n) is 3.75. The molecule has 4 nitrogen and oxygen atoms in total. The highest BCUT2D eigenvalue weighted by atomic mass is 16.5. The number of carbonyl (C=O) groups excluding carboxylic acids is 1. The second-order valence-electron chi connectivity index (χ2n) is 6.11. The maximum absolute atomic E-state index is 12.5. The first kappa shape index (κ1) is 16.6. The first-order valence-corrected chi connectivity index (χ1v) is 7.95. The molecule has 1 aromatic rings. The van der Waals surface area contributed by atoms with Crippen molar-refractivity contribution in [3.05, 3.63) is 42.5 Å². The van der Waals surface area contributed by atoms with Gasteiger partial charge >= 0.3 is 0 Å². The molecule has 1 fully saturated rings. The van der Waals surface area contributed by atoms with Crippen molar-refractivity contribution in [2.45, 2.75) is 13.8 Å². The van der Waals surface area contributed by atoms with Gasteiger partial charge in [0.2, 0.25) is 0 Å². The predicted octanol–water partition coefficient (Wildman–Crippen LogP) is 2.67. The average molecular weight is 302 g/mol. The molecule has 1 aromatic carbocycles. The van der Waals surface area contributed by atoms with E-state index in [2.05, 4.69) is 25.3 Å². The van der Waals surface area contributed by atoms with Gasteiger partial charge in [-0.05, 0) is 30.2 Å². The fraction of sp³-hybridized carbons (Fsp3) is 0.500. The van der Waals surface area contributed by atoms with Gasteiger partial charge in [-0.25, -0.2) is 0 Å². The highest BCUT2D eigenvalue weighted by Crippen LogP contribution is 2.15. The quantitative estimate of drug-likeness (QED) is 0.757. The molecule has 1 amide bonds. The van der Waals surface area contributed by atoms with Crippen LogP contribution in [0.5, 0.6) is 5.75 Å². The van der Waals surface area contributed by atoms with Crippen molar-refractivity contribution in [2.75, 3.05) is 39.3 Å². The molecule has 2 rings (SSSR count). The average Bonchev–Trinajstić information content (AvgIpc) is 2.53. The van der Waals surface area contributed by atoms with Gasteiger partial charge < -0.3 is 9.64 Å². The monoisotopic (exact) mass is 302 g/mol. The van der Waals surface area contributed by atoms with Gasteiger partial charge in [0, 0.05) is 38.3 Å². The van der Waals surface area contributed by atoms with E-state index in [1.54, 1.807) is 6.08 Å². The van der Waals surface area contributed by atoms with Crippen molar-refractivity contribution in [1.29, 1.82) is 0 Å². The van der Waals surface area contributed by atoms with Crippen molar-refractivity contribution < 1.29 is 9.53 Å². The standard InChI is InChI=1S/C18H26N2O2/c1-4-13-22-17-7-5-16(6-8-17)18(21)20-11-9-19(10-12-20)14-15(2)3/h4-8,15H,1,9-14H2,2-3H3. The van der Waals surface area contributed by atoms with Crippen LogP contribution in [0.15, 0.2) is 36.9 Å². The zero-order valence-electron chi connectivity index (χ0n) is 13.6. The molecule has 0 unspecified atom stereocenters. The topological polar surface area (TPSA) is 32.8 Å². The van der Waals surface area contributed by atoms with Crippen LogP contribution in [0.4, 0.5) is 0 Å². The fourth-order valence-electron chi connectivity index (χ4n) is 2.68. The van der Waals surface area contributed by atoms with Crippen molar-refractivity contribution in [3.8, 4) is 5.75 Å². The summed E-state index contributed by atoms with van der Waals surface area (Å²) in [5.41, 5.74) is 0.725. The molecule has 4 heteroatoms. The highest BCUT2D eigenvalue weighted by molar-refractivity contribution is 5.94. The van der Waals surface area contributed by atoms with Crippen LogP contribution in [0.2, 0.25) is 0 Å². The van der Waals surface area contributed by atoms with Crippen LogP contribution in [-0.2, 0) is 0 Å². The van der Waals surface area contributed by atoms with Crippen LogP contribution in [-0.4, -0.2) is 55.0 Å². The van der Waals surface area contributed by atoms with E-state index in [9.17, 15) is 4.79 Å². The number of benzene rings is 1. The first-order valence-electron chi connectivity index (χ1n) is 7.95. The highest BCUT2D eigenvalue weighted by Gasteiger charge is 2.22. The van der Waals surface area contributed by atoms with Gasteiger partial charge in [-0.15, -0.1) is 0 Å². The third-order valence-corrected chi connectivity index (χ3v) is 3.75. The second kappa shape index (κ2) is 7.99. The Morgan fingerprint density at radius 2 is 1.86 bits per heavy atom. The smallest absolute Gasteiger partial charge is 0.253 e. The number of hydrogen-bond acceptors (Lipinski definition) is 3. The molecule has 0 aliphatic carbocycles. The maximum Gasteiger partial charge on any atom is 0.253 e. The van der Waals surface area contributed by atoms with Crippen molar-refractivity contribution in [3.63, 3.8) is 0 Å². The summed E-state index contributed by atoms with van der Waals surface area (Å²) in [6, 6.07) is 7.35. The summed E-state index contributed by atoms with van der Waals surface area (Å²) < 4.78 is 5.44. The minimum atomic E-state index is 0.111. The van der Waals surface area contributed by atoms with Crippen molar-refractivity contribution >= 4 is 5.91 Å². The number of piperazine rings is 1. The number of ether oxygens (including phenoxy) is 1. The molecule has 0 aromatic heterocycles. The van der Waals surface area contributed by atoms with Gasteiger partial charge in [0.25, 0.3) is 5.91 Å². The molecule has 120 valence electrons.